The molecule has 0 saturated heterocycles. The zero-order chi connectivity index (χ0) is 16.9. The van der Waals surface area contributed by atoms with E-state index in [1.165, 1.54) is 25.3 Å². The maximum absolute atomic E-state index is 12.2. The average molecular weight is 342 g/mol. The molecule has 0 atom stereocenters. The van der Waals surface area contributed by atoms with Crippen molar-refractivity contribution in [3.63, 3.8) is 0 Å². The van der Waals surface area contributed by atoms with Crippen LogP contribution in [0.1, 0.15) is 25.7 Å². The van der Waals surface area contributed by atoms with E-state index in [0.717, 1.165) is 12.8 Å². The highest BCUT2D eigenvalue weighted by Gasteiger charge is 2.28. The van der Waals surface area contributed by atoms with Crippen molar-refractivity contribution in [2.75, 3.05) is 26.1 Å². The molecule has 1 saturated carbocycles. The van der Waals surface area contributed by atoms with Crippen LogP contribution in [0, 0.1) is 0 Å². The summed E-state index contributed by atoms with van der Waals surface area (Å²) in [5.41, 5.74) is 0.341. The average Bonchev–Trinajstić information content (AvgIpc) is 3.30. The molecule has 1 aliphatic rings. The Kier molecular flexibility index (Phi) is 5.97. The first-order chi connectivity index (χ1) is 11.0. The van der Waals surface area contributed by atoms with E-state index in [1.54, 1.807) is 7.11 Å². The molecular formula is C15H22N2O5S. The van der Waals surface area contributed by atoms with Crippen LogP contribution in [-0.2, 0) is 19.6 Å². The van der Waals surface area contributed by atoms with Gasteiger partial charge in [-0.25, -0.2) is 13.1 Å². The Hall–Kier alpha value is -1.64. The number of nitrogens with one attached hydrogen (secondary N) is 2. The number of benzene rings is 1. The molecule has 0 heterocycles. The number of hydrogen-bond donors (Lipinski definition) is 2. The molecule has 1 fully saturated rings. The third-order valence-corrected chi connectivity index (χ3v) is 4.92. The number of carbonyl (C=O) groups is 1. The molecule has 2 N–H and O–H groups in total. The van der Waals surface area contributed by atoms with E-state index in [1.807, 2.05) is 0 Å². The topological polar surface area (TPSA) is 93.7 Å². The van der Waals surface area contributed by atoms with Gasteiger partial charge in [-0.1, -0.05) is 0 Å². The van der Waals surface area contributed by atoms with Gasteiger partial charge in [0.15, 0.2) is 0 Å². The van der Waals surface area contributed by atoms with Crippen molar-refractivity contribution in [2.45, 2.75) is 36.6 Å². The van der Waals surface area contributed by atoms with E-state index in [0.29, 0.717) is 24.5 Å². The Balaban J connectivity index is 2.13. The third kappa shape index (κ3) is 5.19. The number of anilines is 1. The SMILES string of the molecule is COCCCC(=O)Nc1cc(S(=O)(=O)NC2CC2)ccc1OC. The summed E-state index contributed by atoms with van der Waals surface area (Å²) < 4.78 is 37.2. The van der Waals surface area contributed by atoms with Crippen LogP contribution < -0.4 is 14.8 Å². The van der Waals surface area contributed by atoms with Crippen molar-refractivity contribution in [1.29, 1.82) is 0 Å². The van der Waals surface area contributed by atoms with Gasteiger partial charge in [0.2, 0.25) is 15.9 Å². The summed E-state index contributed by atoms with van der Waals surface area (Å²) in [4.78, 5) is 12.0. The van der Waals surface area contributed by atoms with Gasteiger partial charge in [0, 0.05) is 26.2 Å². The first-order valence-corrected chi connectivity index (χ1v) is 8.93. The fraction of sp³-hybridized carbons (Fsp3) is 0.533. The summed E-state index contributed by atoms with van der Waals surface area (Å²) in [7, 11) is -0.542. The maximum Gasteiger partial charge on any atom is 0.240 e. The summed E-state index contributed by atoms with van der Waals surface area (Å²) in [5.74, 6) is 0.195. The quantitative estimate of drug-likeness (QED) is 0.663. The summed E-state index contributed by atoms with van der Waals surface area (Å²) in [6, 6.07) is 4.43. The molecule has 0 aliphatic heterocycles. The lowest BCUT2D eigenvalue weighted by atomic mass is 10.2. The number of carbonyl (C=O) groups excluding carboxylic acids is 1. The normalized spacial score (nSPS) is 14.5. The number of ether oxygens (including phenoxy) is 2. The van der Waals surface area contributed by atoms with E-state index in [2.05, 4.69) is 10.0 Å². The van der Waals surface area contributed by atoms with Crippen LogP contribution in [0.25, 0.3) is 0 Å². The smallest absolute Gasteiger partial charge is 0.240 e. The number of sulfonamides is 1. The number of methoxy groups -OCH3 is 2. The van der Waals surface area contributed by atoms with Gasteiger partial charge in [-0.05, 0) is 37.5 Å². The van der Waals surface area contributed by atoms with E-state index in [9.17, 15) is 13.2 Å². The first kappa shape index (κ1) is 17.7. The Bertz CT molecular complexity index is 656. The molecule has 0 radical (unpaired) electrons. The van der Waals surface area contributed by atoms with Gasteiger partial charge < -0.3 is 14.8 Å². The highest BCUT2D eigenvalue weighted by atomic mass is 32.2. The number of amides is 1. The van der Waals surface area contributed by atoms with Crippen molar-refractivity contribution in [3.8, 4) is 5.75 Å². The van der Waals surface area contributed by atoms with E-state index in [-0.39, 0.29) is 23.3 Å². The highest BCUT2D eigenvalue weighted by molar-refractivity contribution is 7.89. The second-order valence-electron chi connectivity index (χ2n) is 5.40. The van der Waals surface area contributed by atoms with E-state index < -0.39 is 10.0 Å². The van der Waals surface area contributed by atoms with Gasteiger partial charge in [-0.3, -0.25) is 4.79 Å². The molecule has 1 aliphatic carbocycles. The largest absolute Gasteiger partial charge is 0.495 e. The van der Waals surface area contributed by atoms with Crippen LogP contribution in [0.3, 0.4) is 0 Å². The van der Waals surface area contributed by atoms with Crippen molar-refractivity contribution in [2.24, 2.45) is 0 Å². The minimum absolute atomic E-state index is 0.0224. The van der Waals surface area contributed by atoms with Crippen LogP contribution in [0.5, 0.6) is 5.75 Å². The van der Waals surface area contributed by atoms with Gasteiger partial charge in [0.25, 0.3) is 0 Å². The summed E-state index contributed by atoms with van der Waals surface area (Å²) in [5, 5.41) is 2.69. The summed E-state index contributed by atoms with van der Waals surface area (Å²) >= 11 is 0. The molecule has 0 bridgehead atoms. The Labute approximate surface area is 136 Å². The predicted octanol–water partition coefficient (Wildman–Crippen LogP) is 1.50. The lowest BCUT2D eigenvalue weighted by Gasteiger charge is -2.13. The fourth-order valence-electron chi connectivity index (χ4n) is 2.03. The molecule has 8 heteroatoms. The van der Waals surface area contributed by atoms with Gasteiger partial charge in [-0.2, -0.15) is 0 Å². The predicted molar refractivity (Wildman–Crippen MR) is 86.1 cm³/mol. The van der Waals surface area contributed by atoms with Crippen LogP contribution in [0.4, 0.5) is 5.69 Å². The second-order valence-corrected chi connectivity index (χ2v) is 7.12. The zero-order valence-electron chi connectivity index (χ0n) is 13.3. The molecule has 0 aromatic heterocycles. The van der Waals surface area contributed by atoms with Crippen molar-refractivity contribution >= 4 is 21.6 Å². The molecule has 1 amide bonds. The molecular weight excluding hydrogens is 320 g/mol. The maximum atomic E-state index is 12.2. The van der Waals surface area contributed by atoms with E-state index >= 15 is 0 Å². The minimum Gasteiger partial charge on any atom is -0.495 e. The third-order valence-electron chi connectivity index (χ3n) is 3.41. The fourth-order valence-corrected chi connectivity index (χ4v) is 3.36. The zero-order valence-corrected chi connectivity index (χ0v) is 14.1. The molecule has 1 aromatic rings. The van der Waals surface area contributed by atoms with Gasteiger partial charge in [-0.15, -0.1) is 0 Å². The Morgan fingerprint density at radius 3 is 2.65 bits per heavy atom. The lowest BCUT2D eigenvalue weighted by molar-refractivity contribution is -0.116. The molecule has 128 valence electrons. The second kappa shape index (κ2) is 7.76. The van der Waals surface area contributed by atoms with Crippen LogP contribution in [0.15, 0.2) is 23.1 Å². The standard InChI is InChI=1S/C15H22N2O5S/c1-21-9-3-4-15(18)16-13-10-12(7-8-14(13)22-2)23(19,20)17-11-5-6-11/h7-8,10-11,17H,3-6,9H2,1-2H3,(H,16,18). The van der Waals surface area contributed by atoms with Crippen molar-refractivity contribution in [3.05, 3.63) is 18.2 Å². The molecule has 23 heavy (non-hydrogen) atoms. The minimum atomic E-state index is -3.58. The van der Waals surface area contributed by atoms with Crippen LogP contribution in [-0.4, -0.2) is 41.2 Å². The van der Waals surface area contributed by atoms with Gasteiger partial charge in [0.1, 0.15) is 5.75 Å². The molecule has 2 rings (SSSR count). The summed E-state index contributed by atoms with van der Waals surface area (Å²) in [6.45, 7) is 0.490. The lowest BCUT2D eigenvalue weighted by Crippen LogP contribution is -2.25. The molecule has 7 nitrogen and oxygen atoms in total. The molecule has 0 spiro atoms. The molecule has 1 aromatic carbocycles. The number of rotatable bonds is 9. The Morgan fingerprint density at radius 2 is 2.04 bits per heavy atom. The molecule has 0 unspecified atom stereocenters. The van der Waals surface area contributed by atoms with Crippen LogP contribution in [0.2, 0.25) is 0 Å². The van der Waals surface area contributed by atoms with Crippen molar-refractivity contribution < 1.29 is 22.7 Å². The van der Waals surface area contributed by atoms with Crippen molar-refractivity contribution in [1.82, 2.24) is 4.72 Å². The summed E-state index contributed by atoms with van der Waals surface area (Å²) in [6.07, 6.45) is 2.59. The number of hydrogen-bond acceptors (Lipinski definition) is 5. The van der Waals surface area contributed by atoms with Gasteiger partial charge >= 0.3 is 0 Å². The van der Waals surface area contributed by atoms with Gasteiger partial charge in [0.05, 0.1) is 17.7 Å². The highest BCUT2D eigenvalue weighted by Crippen LogP contribution is 2.29. The Morgan fingerprint density at radius 1 is 1.30 bits per heavy atom. The van der Waals surface area contributed by atoms with E-state index in [4.69, 9.17) is 9.47 Å². The monoisotopic (exact) mass is 342 g/mol. The first-order valence-electron chi connectivity index (χ1n) is 7.45. The van der Waals surface area contributed by atoms with Crippen LogP contribution >= 0.6 is 0 Å².